The summed E-state index contributed by atoms with van der Waals surface area (Å²) in [5.74, 6) is 0.697. The third-order valence-electron chi connectivity index (χ3n) is 4.88. The number of nitrogens with zero attached hydrogens (tertiary/aromatic N) is 1. The Labute approximate surface area is 180 Å². The first-order valence-corrected chi connectivity index (χ1v) is 10.2. The molecule has 158 valence electrons. The Morgan fingerprint density at radius 1 is 1.20 bits per heavy atom. The second-order valence-electron chi connectivity index (χ2n) is 7.33. The molecule has 0 aliphatic carbocycles. The predicted octanol–water partition coefficient (Wildman–Crippen LogP) is 4.94. The molecule has 5 nitrogen and oxygen atoms in total. The van der Waals surface area contributed by atoms with Crippen molar-refractivity contribution in [3.8, 4) is 5.75 Å². The zero-order chi connectivity index (χ0) is 21.7. The van der Waals surface area contributed by atoms with Crippen molar-refractivity contribution in [1.82, 2.24) is 9.97 Å². The van der Waals surface area contributed by atoms with E-state index in [1.54, 1.807) is 19.2 Å². The molecule has 0 saturated carbocycles. The molecule has 0 unspecified atom stereocenters. The van der Waals surface area contributed by atoms with Gasteiger partial charge in [-0.1, -0.05) is 43.6 Å². The molecule has 3 rings (SSSR count). The van der Waals surface area contributed by atoms with Crippen molar-refractivity contribution in [1.29, 1.82) is 0 Å². The van der Waals surface area contributed by atoms with Crippen molar-refractivity contribution < 1.29 is 9.13 Å². The number of hydrogen-bond acceptors (Lipinski definition) is 4. The van der Waals surface area contributed by atoms with Gasteiger partial charge in [-0.25, -0.2) is 9.37 Å². The SMILES string of the molecule is COc1ccc(CCNc2nc(Cc3c(F)cccc3Cl)c(C(C)C)c(=O)[nH]2)cc1. The molecule has 0 bridgehead atoms. The summed E-state index contributed by atoms with van der Waals surface area (Å²) in [4.78, 5) is 20.1. The summed E-state index contributed by atoms with van der Waals surface area (Å²) >= 11 is 6.19. The minimum absolute atomic E-state index is 0.0600. The third kappa shape index (κ3) is 5.19. The first-order chi connectivity index (χ1) is 14.4. The van der Waals surface area contributed by atoms with E-state index in [1.165, 1.54) is 6.07 Å². The fourth-order valence-electron chi connectivity index (χ4n) is 3.33. The molecule has 1 heterocycles. The predicted molar refractivity (Wildman–Crippen MR) is 118 cm³/mol. The van der Waals surface area contributed by atoms with Gasteiger partial charge in [0.25, 0.3) is 5.56 Å². The number of rotatable bonds is 8. The van der Waals surface area contributed by atoms with Gasteiger partial charge in [-0.15, -0.1) is 0 Å². The van der Waals surface area contributed by atoms with Gasteiger partial charge in [-0.05, 0) is 42.2 Å². The minimum atomic E-state index is -0.409. The van der Waals surface area contributed by atoms with E-state index in [9.17, 15) is 9.18 Å². The van der Waals surface area contributed by atoms with Crippen LogP contribution in [-0.2, 0) is 12.8 Å². The summed E-state index contributed by atoms with van der Waals surface area (Å²) in [5, 5.41) is 3.48. The number of ether oxygens (including phenoxy) is 1. The van der Waals surface area contributed by atoms with Gasteiger partial charge in [0.15, 0.2) is 0 Å². The highest BCUT2D eigenvalue weighted by atomic mass is 35.5. The van der Waals surface area contributed by atoms with E-state index in [0.29, 0.717) is 34.3 Å². The molecular weight excluding hydrogens is 405 g/mol. The Balaban J connectivity index is 1.81. The lowest BCUT2D eigenvalue weighted by molar-refractivity contribution is 0.414. The normalized spacial score (nSPS) is 11.0. The number of methoxy groups -OCH3 is 1. The number of aromatic nitrogens is 2. The van der Waals surface area contributed by atoms with Crippen LogP contribution < -0.4 is 15.6 Å². The lowest BCUT2D eigenvalue weighted by atomic mass is 9.98. The second-order valence-corrected chi connectivity index (χ2v) is 7.74. The number of hydrogen-bond donors (Lipinski definition) is 2. The van der Waals surface area contributed by atoms with Crippen molar-refractivity contribution in [3.63, 3.8) is 0 Å². The van der Waals surface area contributed by atoms with E-state index in [4.69, 9.17) is 16.3 Å². The van der Waals surface area contributed by atoms with Gasteiger partial charge in [0.05, 0.1) is 12.8 Å². The standard InChI is InChI=1S/C23H25ClFN3O2/c1-14(2)21-20(13-17-18(24)5-4-6-19(17)25)27-23(28-22(21)29)26-12-11-15-7-9-16(30-3)10-8-15/h4-10,14H,11-13H2,1-3H3,(H2,26,27,28,29). The van der Waals surface area contributed by atoms with Crippen LogP contribution in [0.3, 0.4) is 0 Å². The molecule has 0 radical (unpaired) electrons. The van der Waals surface area contributed by atoms with Gasteiger partial charge in [0.2, 0.25) is 5.95 Å². The minimum Gasteiger partial charge on any atom is -0.497 e. The molecule has 0 amide bonds. The quantitative estimate of drug-likeness (QED) is 0.532. The topological polar surface area (TPSA) is 67.0 Å². The lowest BCUT2D eigenvalue weighted by Gasteiger charge is -2.15. The summed E-state index contributed by atoms with van der Waals surface area (Å²) in [5.41, 5.74) is 2.29. The van der Waals surface area contributed by atoms with Crippen molar-refractivity contribution in [2.24, 2.45) is 0 Å². The van der Waals surface area contributed by atoms with Gasteiger partial charge in [0.1, 0.15) is 11.6 Å². The monoisotopic (exact) mass is 429 g/mol. The highest BCUT2D eigenvalue weighted by molar-refractivity contribution is 6.31. The summed E-state index contributed by atoms with van der Waals surface area (Å²) in [6.45, 7) is 4.40. The molecular formula is C23H25ClFN3O2. The van der Waals surface area contributed by atoms with Crippen LogP contribution in [0.1, 0.15) is 42.1 Å². The number of benzene rings is 2. The fourth-order valence-corrected chi connectivity index (χ4v) is 3.56. The molecule has 0 fully saturated rings. The lowest BCUT2D eigenvalue weighted by Crippen LogP contribution is -2.22. The van der Waals surface area contributed by atoms with E-state index in [-0.39, 0.29) is 17.9 Å². The van der Waals surface area contributed by atoms with Gasteiger partial charge >= 0.3 is 0 Å². The zero-order valence-electron chi connectivity index (χ0n) is 17.3. The van der Waals surface area contributed by atoms with Crippen LogP contribution in [-0.4, -0.2) is 23.6 Å². The molecule has 0 saturated heterocycles. The number of H-pyrrole nitrogens is 1. The Bertz CT molecular complexity index is 1040. The molecule has 0 atom stereocenters. The van der Waals surface area contributed by atoms with Crippen molar-refractivity contribution >= 4 is 17.5 Å². The fraction of sp³-hybridized carbons (Fsp3) is 0.304. The Hall–Kier alpha value is -2.86. The first kappa shape index (κ1) is 21.8. The summed E-state index contributed by atoms with van der Waals surface area (Å²) in [7, 11) is 1.63. The highest BCUT2D eigenvalue weighted by Gasteiger charge is 2.18. The van der Waals surface area contributed by atoms with Crippen molar-refractivity contribution in [3.05, 3.63) is 86.0 Å². The van der Waals surface area contributed by atoms with Crippen LogP contribution in [0.4, 0.5) is 10.3 Å². The molecule has 0 spiro atoms. The smallest absolute Gasteiger partial charge is 0.255 e. The first-order valence-electron chi connectivity index (χ1n) is 9.81. The van der Waals surface area contributed by atoms with E-state index < -0.39 is 5.82 Å². The van der Waals surface area contributed by atoms with Gasteiger partial charge < -0.3 is 10.1 Å². The van der Waals surface area contributed by atoms with Crippen LogP contribution >= 0.6 is 11.6 Å². The molecule has 30 heavy (non-hydrogen) atoms. The molecule has 2 N–H and O–H groups in total. The summed E-state index contributed by atoms with van der Waals surface area (Å²) < 4.78 is 19.5. The molecule has 3 aromatic rings. The summed E-state index contributed by atoms with van der Waals surface area (Å²) in [6, 6.07) is 12.3. The van der Waals surface area contributed by atoms with Crippen LogP contribution in [0.25, 0.3) is 0 Å². The maximum Gasteiger partial charge on any atom is 0.255 e. The van der Waals surface area contributed by atoms with Crippen molar-refractivity contribution in [2.75, 3.05) is 19.0 Å². The van der Waals surface area contributed by atoms with Gasteiger partial charge in [-0.2, -0.15) is 0 Å². The average Bonchev–Trinajstić information content (AvgIpc) is 2.71. The third-order valence-corrected chi connectivity index (χ3v) is 5.24. The van der Waals surface area contributed by atoms with Gasteiger partial charge in [0, 0.05) is 29.1 Å². The second kappa shape index (κ2) is 9.76. The Morgan fingerprint density at radius 2 is 1.93 bits per heavy atom. The van der Waals surface area contributed by atoms with E-state index in [0.717, 1.165) is 17.7 Å². The average molecular weight is 430 g/mol. The highest BCUT2D eigenvalue weighted by Crippen LogP contribution is 2.25. The van der Waals surface area contributed by atoms with E-state index in [2.05, 4.69) is 15.3 Å². The number of nitrogens with one attached hydrogen (secondary N) is 2. The largest absolute Gasteiger partial charge is 0.497 e. The number of anilines is 1. The molecule has 0 aliphatic rings. The van der Waals surface area contributed by atoms with Crippen LogP contribution in [0.2, 0.25) is 5.02 Å². The number of aromatic amines is 1. The Kier molecular flexibility index (Phi) is 7.11. The van der Waals surface area contributed by atoms with Crippen LogP contribution in [0.15, 0.2) is 47.3 Å². The zero-order valence-corrected chi connectivity index (χ0v) is 18.0. The number of halogens is 2. The maximum absolute atomic E-state index is 14.3. The Morgan fingerprint density at radius 3 is 2.57 bits per heavy atom. The molecule has 7 heteroatoms. The van der Waals surface area contributed by atoms with E-state index >= 15 is 0 Å². The summed E-state index contributed by atoms with van der Waals surface area (Å²) in [6.07, 6.45) is 0.893. The van der Waals surface area contributed by atoms with Crippen LogP contribution in [0, 0.1) is 5.82 Å². The molecule has 1 aromatic heterocycles. The maximum atomic E-state index is 14.3. The van der Waals surface area contributed by atoms with Gasteiger partial charge in [-0.3, -0.25) is 9.78 Å². The van der Waals surface area contributed by atoms with Crippen molar-refractivity contribution in [2.45, 2.75) is 32.6 Å². The molecule has 2 aromatic carbocycles. The molecule has 0 aliphatic heterocycles. The van der Waals surface area contributed by atoms with E-state index in [1.807, 2.05) is 38.1 Å². The van der Waals surface area contributed by atoms with Crippen LogP contribution in [0.5, 0.6) is 5.75 Å².